The highest BCUT2D eigenvalue weighted by atomic mass is 32.2. The van der Waals surface area contributed by atoms with Gasteiger partial charge in [-0.25, -0.2) is 8.42 Å². The molecule has 0 aromatic heterocycles. The summed E-state index contributed by atoms with van der Waals surface area (Å²) in [6.07, 6.45) is -1.05. The molecule has 20 heavy (non-hydrogen) atoms. The van der Waals surface area contributed by atoms with E-state index in [9.17, 15) is 18.3 Å². The summed E-state index contributed by atoms with van der Waals surface area (Å²) in [4.78, 5) is 14.0. The molecule has 0 unspecified atom stereocenters. The molecule has 0 saturated carbocycles. The monoisotopic (exact) mass is 298 g/mol. The van der Waals surface area contributed by atoms with Crippen molar-refractivity contribution in [2.75, 3.05) is 30.5 Å². The Labute approximate surface area is 118 Å². The molecule has 0 bridgehead atoms. The van der Waals surface area contributed by atoms with Crippen LogP contribution in [0, 0.1) is 0 Å². The van der Waals surface area contributed by atoms with Crippen molar-refractivity contribution in [2.24, 2.45) is 0 Å². The molecule has 0 spiro atoms. The minimum atomic E-state index is -3.27. The van der Waals surface area contributed by atoms with E-state index < -0.39 is 22.0 Å². The van der Waals surface area contributed by atoms with Crippen LogP contribution in [0.5, 0.6) is 0 Å². The number of nitrogens with zero attached hydrogens (tertiary/aromatic N) is 1. The van der Waals surface area contributed by atoms with Gasteiger partial charge >= 0.3 is 0 Å². The Morgan fingerprint density at radius 3 is 2.50 bits per heavy atom. The van der Waals surface area contributed by atoms with Crippen molar-refractivity contribution >= 4 is 21.4 Å². The van der Waals surface area contributed by atoms with E-state index in [-0.39, 0.29) is 17.4 Å². The highest BCUT2D eigenvalue weighted by Crippen LogP contribution is 2.19. The number of benzene rings is 1. The highest BCUT2D eigenvalue weighted by Gasteiger charge is 2.37. The number of amides is 1. The van der Waals surface area contributed by atoms with Crippen LogP contribution in [-0.2, 0) is 9.84 Å². The first-order valence-corrected chi connectivity index (χ1v) is 8.08. The predicted molar refractivity (Wildman–Crippen MR) is 76.7 cm³/mol. The third kappa shape index (κ3) is 3.10. The number of rotatable bonds is 3. The number of para-hydroxylation sites is 1. The molecule has 1 aromatic rings. The first-order chi connectivity index (χ1) is 9.30. The van der Waals surface area contributed by atoms with E-state index in [1.54, 1.807) is 23.1 Å². The van der Waals surface area contributed by atoms with Crippen LogP contribution in [-0.4, -0.2) is 57.2 Å². The molecule has 7 heteroatoms. The molecule has 1 aromatic carbocycles. The van der Waals surface area contributed by atoms with Gasteiger partial charge in [-0.05, 0) is 12.1 Å². The van der Waals surface area contributed by atoms with Crippen LogP contribution in [0.15, 0.2) is 24.3 Å². The second-order valence-corrected chi connectivity index (χ2v) is 7.29. The van der Waals surface area contributed by atoms with E-state index in [0.717, 1.165) is 5.69 Å². The summed E-state index contributed by atoms with van der Waals surface area (Å²) >= 11 is 0. The Kier molecular flexibility index (Phi) is 4.01. The lowest BCUT2D eigenvalue weighted by Crippen LogP contribution is -2.42. The van der Waals surface area contributed by atoms with Crippen LogP contribution in [0.1, 0.15) is 10.4 Å². The van der Waals surface area contributed by atoms with Gasteiger partial charge in [-0.2, -0.15) is 0 Å². The molecule has 2 rings (SSSR count). The van der Waals surface area contributed by atoms with E-state index >= 15 is 0 Å². The molecular formula is C13H18N2O4S. The average molecular weight is 298 g/mol. The maximum atomic E-state index is 12.2. The predicted octanol–water partition coefficient (Wildman–Crippen LogP) is -0.360. The zero-order valence-corrected chi connectivity index (χ0v) is 12.2. The number of carbonyl (C=O) groups excluding carboxylic acids is 1. The smallest absolute Gasteiger partial charge is 0.253 e. The number of carbonyl (C=O) groups is 1. The van der Waals surface area contributed by atoms with Crippen molar-refractivity contribution in [2.45, 2.75) is 12.1 Å². The van der Waals surface area contributed by atoms with Crippen molar-refractivity contribution in [1.29, 1.82) is 0 Å². The summed E-state index contributed by atoms with van der Waals surface area (Å²) in [6.45, 7) is 0. The number of hydrogen-bond acceptors (Lipinski definition) is 5. The van der Waals surface area contributed by atoms with Crippen molar-refractivity contribution in [3.63, 3.8) is 0 Å². The lowest BCUT2D eigenvalue weighted by atomic mass is 10.1. The van der Waals surface area contributed by atoms with E-state index in [4.69, 9.17) is 0 Å². The maximum absolute atomic E-state index is 12.2. The van der Waals surface area contributed by atoms with E-state index in [1.807, 2.05) is 20.2 Å². The summed E-state index contributed by atoms with van der Waals surface area (Å²) < 4.78 is 22.9. The molecular weight excluding hydrogens is 280 g/mol. The zero-order chi connectivity index (χ0) is 14.9. The minimum absolute atomic E-state index is 0.218. The number of sulfone groups is 1. The number of nitrogens with one attached hydrogen (secondary N) is 1. The molecule has 2 atom stereocenters. The number of anilines is 1. The third-order valence-electron chi connectivity index (χ3n) is 3.27. The molecule has 1 saturated heterocycles. The topological polar surface area (TPSA) is 86.7 Å². The average Bonchev–Trinajstić information content (AvgIpc) is 2.62. The summed E-state index contributed by atoms with van der Waals surface area (Å²) in [5.74, 6) is -0.896. The van der Waals surface area contributed by atoms with Crippen molar-refractivity contribution in [3.8, 4) is 0 Å². The summed E-state index contributed by atoms with van der Waals surface area (Å²) in [6, 6.07) is 6.28. The van der Waals surface area contributed by atoms with Gasteiger partial charge in [0.25, 0.3) is 5.91 Å². The molecule has 1 amide bonds. The largest absolute Gasteiger partial charge is 0.390 e. The van der Waals surface area contributed by atoms with Gasteiger partial charge < -0.3 is 15.3 Å². The minimum Gasteiger partial charge on any atom is -0.390 e. The molecule has 6 nitrogen and oxygen atoms in total. The number of aliphatic hydroxyl groups is 1. The molecule has 110 valence electrons. The third-order valence-corrected chi connectivity index (χ3v) is 4.99. The van der Waals surface area contributed by atoms with E-state index in [1.165, 1.54) is 0 Å². The molecule has 2 N–H and O–H groups in total. The van der Waals surface area contributed by atoms with Gasteiger partial charge in [0.2, 0.25) is 0 Å². The van der Waals surface area contributed by atoms with Gasteiger partial charge in [0.1, 0.15) is 0 Å². The van der Waals surface area contributed by atoms with Gasteiger partial charge in [-0.1, -0.05) is 12.1 Å². The highest BCUT2D eigenvalue weighted by molar-refractivity contribution is 7.91. The van der Waals surface area contributed by atoms with Crippen LogP contribution >= 0.6 is 0 Å². The Morgan fingerprint density at radius 1 is 1.30 bits per heavy atom. The molecule has 0 radical (unpaired) electrons. The van der Waals surface area contributed by atoms with Crippen molar-refractivity contribution in [1.82, 2.24) is 5.32 Å². The molecule has 1 aliphatic heterocycles. The van der Waals surface area contributed by atoms with Gasteiger partial charge in [0.05, 0.1) is 29.2 Å². The van der Waals surface area contributed by atoms with Crippen molar-refractivity contribution < 1.29 is 18.3 Å². The van der Waals surface area contributed by atoms with Crippen LogP contribution in [0.4, 0.5) is 5.69 Å². The van der Waals surface area contributed by atoms with Crippen LogP contribution < -0.4 is 10.2 Å². The van der Waals surface area contributed by atoms with Crippen LogP contribution in [0.3, 0.4) is 0 Å². The summed E-state index contributed by atoms with van der Waals surface area (Å²) in [5, 5.41) is 12.3. The fourth-order valence-electron chi connectivity index (χ4n) is 2.27. The second kappa shape index (κ2) is 5.41. The molecule has 1 fully saturated rings. The van der Waals surface area contributed by atoms with Gasteiger partial charge in [-0.15, -0.1) is 0 Å². The lowest BCUT2D eigenvalue weighted by molar-refractivity contribution is 0.0889. The number of aliphatic hydroxyl groups excluding tert-OH is 1. The van der Waals surface area contributed by atoms with Crippen molar-refractivity contribution in [3.05, 3.63) is 29.8 Å². The van der Waals surface area contributed by atoms with Gasteiger partial charge in [0.15, 0.2) is 9.84 Å². The Bertz CT molecular complexity index is 613. The molecule has 1 heterocycles. The fraction of sp³-hybridized carbons (Fsp3) is 0.462. The standard InChI is InChI=1S/C13H18N2O4S/c1-15(2)11-6-4-3-5-9(11)13(17)14-10-7-20(18,19)8-12(10)16/h3-6,10,12,16H,7-8H2,1-2H3,(H,14,17)/t10-,12-/m1/s1. The summed E-state index contributed by atoms with van der Waals surface area (Å²) in [5.41, 5.74) is 1.19. The first-order valence-electron chi connectivity index (χ1n) is 6.26. The second-order valence-electron chi connectivity index (χ2n) is 5.14. The molecule has 0 aliphatic carbocycles. The van der Waals surface area contributed by atoms with Gasteiger partial charge in [-0.3, -0.25) is 4.79 Å². The van der Waals surface area contributed by atoms with Gasteiger partial charge in [0, 0.05) is 19.8 Å². The maximum Gasteiger partial charge on any atom is 0.253 e. The quantitative estimate of drug-likeness (QED) is 0.796. The lowest BCUT2D eigenvalue weighted by Gasteiger charge is -2.19. The Balaban J connectivity index is 2.18. The summed E-state index contributed by atoms with van der Waals surface area (Å²) in [7, 11) is 0.367. The molecule has 1 aliphatic rings. The van der Waals surface area contributed by atoms with Crippen LogP contribution in [0.2, 0.25) is 0 Å². The Morgan fingerprint density at radius 2 is 1.95 bits per heavy atom. The first kappa shape index (κ1) is 14.8. The normalized spacial score (nSPS) is 24.4. The fourth-order valence-corrected chi connectivity index (χ4v) is 4.01. The van der Waals surface area contributed by atoms with E-state index in [2.05, 4.69) is 5.32 Å². The zero-order valence-electron chi connectivity index (χ0n) is 11.4. The van der Waals surface area contributed by atoms with Crippen LogP contribution in [0.25, 0.3) is 0 Å². The number of hydrogen-bond donors (Lipinski definition) is 2. The van der Waals surface area contributed by atoms with E-state index in [0.29, 0.717) is 5.56 Å². The Hall–Kier alpha value is -1.60. The SMILES string of the molecule is CN(C)c1ccccc1C(=O)N[C@@H]1CS(=O)(=O)C[C@H]1O.